The summed E-state index contributed by atoms with van der Waals surface area (Å²) in [5.74, 6) is 0.442. The molecule has 0 fully saturated rings. The van der Waals surface area contributed by atoms with E-state index in [0.717, 1.165) is 0 Å². The largest absolute Gasteiger partial charge is 0.347 e. The van der Waals surface area contributed by atoms with Crippen molar-refractivity contribution in [2.45, 2.75) is 13.0 Å². The van der Waals surface area contributed by atoms with Crippen LogP contribution in [0.15, 0.2) is 30.7 Å². The minimum Gasteiger partial charge on any atom is -0.347 e. The van der Waals surface area contributed by atoms with E-state index in [2.05, 4.69) is 20.3 Å². The molecule has 5 nitrogen and oxygen atoms in total. The molecule has 0 saturated carbocycles. The van der Waals surface area contributed by atoms with Crippen LogP contribution in [0, 0.1) is 0 Å². The molecule has 0 bridgehead atoms. The first kappa shape index (κ1) is 11.6. The number of pyridine rings is 1. The first-order valence-corrected chi connectivity index (χ1v) is 5.46. The van der Waals surface area contributed by atoms with E-state index in [-0.39, 0.29) is 11.9 Å². The van der Waals surface area contributed by atoms with Crippen molar-refractivity contribution in [3.05, 3.63) is 47.3 Å². The second-order valence-electron chi connectivity index (χ2n) is 3.53. The van der Waals surface area contributed by atoms with E-state index >= 15 is 0 Å². The molecule has 2 rings (SSSR count). The fraction of sp³-hybridized carbons (Fsp3) is 0.182. The third kappa shape index (κ3) is 2.82. The number of imidazole rings is 1. The quantitative estimate of drug-likeness (QED) is 0.875. The number of halogens is 1. The normalized spacial score (nSPS) is 12.1. The number of nitrogens with one attached hydrogen (secondary N) is 2. The predicted molar refractivity (Wildman–Crippen MR) is 63.7 cm³/mol. The van der Waals surface area contributed by atoms with Gasteiger partial charge in [0, 0.05) is 18.6 Å². The van der Waals surface area contributed by atoms with E-state index in [1.54, 1.807) is 24.5 Å². The molecule has 1 amide bonds. The molecule has 0 aliphatic heterocycles. The maximum absolute atomic E-state index is 11.8. The second kappa shape index (κ2) is 4.97. The van der Waals surface area contributed by atoms with Gasteiger partial charge in [0.1, 0.15) is 11.5 Å². The summed E-state index contributed by atoms with van der Waals surface area (Å²) in [4.78, 5) is 22.7. The molecule has 88 valence electrons. The zero-order valence-corrected chi connectivity index (χ0v) is 9.90. The standard InChI is InChI=1S/C11H11ClN4O/c1-7(10-13-4-5-14-10)16-11(17)9-3-2-8(12)6-15-9/h2-7H,1H3,(H,13,14)(H,16,17). The Morgan fingerprint density at radius 2 is 2.29 bits per heavy atom. The zero-order chi connectivity index (χ0) is 12.3. The number of aromatic nitrogens is 3. The summed E-state index contributed by atoms with van der Waals surface area (Å²) >= 11 is 5.69. The van der Waals surface area contributed by atoms with Gasteiger partial charge in [-0.1, -0.05) is 11.6 Å². The number of hydrogen-bond donors (Lipinski definition) is 2. The van der Waals surface area contributed by atoms with Gasteiger partial charge in [-0.05, 0) is 19.1 Å². The van der Waals surface area contributed by atoms with E-state index in [0.29, 0.717) is 16.5 Å². The van der Waals surface area contributed by atoms with Gasteiger partial charge in [0.2, 0.25) is 0 Å². The van der Waals surface area contributed by atoms with Crippen molar-refractivity contribution in [1.82, 2.24) is 20.3 Å². The number of rotatable bonds is 3. The third-order valence-corrected chi connectivity index (χ3v) is 2.46. The molecular formula is C11H11ClN4O. The average Bonchev–Trinajstić information content (AvgIpc) is 2.83. The van der Waals surface area contributed by atoms with Crippen molar-refractivity contribution in [3.8, 4) is 0 Å². The highest BCUT2D eigenvalue weighted by atomic mass is 35.5. The van der Waals surface area contributed by atoms with Gasteiger partial charge in [0.25, 0.3) is 5.91 Å². The fourth-order valence-electron chi connectivity index (χ4n) is 1.36. The van der Waals surface area contributed by atoms with E-state index < -0.39 is 0 Å². The van der Waals surface area contributed by atoms with Crippen LogP contribution in [0.5, 0.6) is 0 Å². The molecule has 0 radical (unpaired) electrons. The molecular weight excluding hydrogens is 240 g/mol. The van der Waals surface area contributed by atoms with Gasteiger partial charge >= 0.3 is 0 Å². The number of aromatic amines is 1. The molecule has 0 saturated heterocycles. The highest BCUT2D eigenvalue weighted by Gasteiger charge is 2.13. The van der Waals surface area contributed by atoms with Gasteiger partial charge in [0.15, 0.2) is 0 Å². The van der Waals surface area contributed by atoms with Gasteiger partial charge < -0.3 is 10.3 Å². The number of H-pyrrole nitrogens is 1. The maximum Gasteiger partial charge on any atom is 0.270 e. The molecule has 6 heteroatoms. The monoisotopic (exact) mass is 250 g/mol. The van der Waals surface area contributed by atoms with Gasteiger partial charge in [-0.25, -0.2) is 9.97 Å². The van der Waals surface area contributed by atoms with Gasteiger partial charge in [0.05, 0.1) is 11.1 Å². The summed E-state index contributed by atoms with van der Waals surface area (Å²) in [6, 6.07) is 3.00. The SMILES string of the molecule is CC(NC(=O)c1ccc(Cl)cn1)c1ncc[nH]1. The highest BCUT2D eigenvalue weighted by Crippen LogP contribution is 2.09. The Morgan fingerprint density at radius 3 is 2.88 bits per heavy atom. The highest BCUT2D eigenvalue weighted by molar-refractivity contribution is 6.30. The van der Waals surface area contributed by atoms with Crippen LogP contribution in [0.4, 0.5) is 0 Å². The summed E-state index contributed by atoms with van der Waals surface area (Å²) in [7, 11) is 0. The van der Waals surface area contributed by atoms with Gasteiger partial charge in [-0.2, -0.15) is 0 Å². The van der Waals surface area contributed by atoms with Crippen molar-refractivity contribution in [2.75, 3.05) is 0 Å². The lowest BCUT2D eigenvalue weighted by Gasteiger charge is -2.10. The minimum absolute atomic E-state index is 0.199. The van der Waals surface area contributed by atoms with E-state index in [1.165, 1.54) is 6.20 Å². The Balaban J connectivity index is 2.04. The molecule has 0 aliphatic carbocycles. The number of hydrogen-bond acceptors (Lipinski definition) is 3. The molecule has 2 heterocycles. The minimum atomic E-state index is -0.259. The van der Waals surface area contributed by atoms with Crippen LogP contribution in [-0.4, -0.2) is 20.9 Å². The summed E-state index contributed by atoms with van der Waals surface area (Å²) < 4.78 is 0. The topological polar surface area (TPSA) is 70.7 Å². The lowest BCUT2D eigenvalue weighted by Crippen LogP contribution is -2.28. The molecule has 2 aromatic rings. The van der Waals surface area contributed by atoms with E-state index in [1.807, 2.05) is 6.92 Å². The summed E-state index contributed by atoms with van der Waals surface area (Å²) in [6.45, 7) is 1.84. The van der Waals surface area contributed by atoms with Gasteiger partial charge in [-0.3, -0.25) is 4.79 Å². The molecule has 0 aromatic carbocycles. The van der Waals surface area contributed by atoms with Crippen LogP contribution in [0.25, 0.3) is 0 Å². The number of nitrogens with zero attached hydrogens (tertiary/aromatic N) is 2. The third-order valence-electron chi connectivity index (χ3n) is 2.24. The summed E-state index contributed by atoms with van der Waals surface area (Å²) in [5, 5.41) is 3.28. The van der Waals surface area contributed by atoms with Gasteiger partial charge in [-0.15, -0.1) is 0 Å². The molecule has 2 N–H and O–H groups in total. The number of amides is 1. The van der Waals surface area contributed by atoms with Crippen LogP contribution in [-0.2, 0) is 0 Å². The lowest BCUT2D eigenvalue weighted by molar-refractivity contribution is 0.0933. The smallest absolute Gasteiger partial charge is 0.270 e. The predicted octanol–water partition coefficient (Wildman–Crippen LogP) is 1.95. The number of carbonyl (C=O) groups is 1. The van der Waals surface area contributed by atoms with E-state index in [9.17, 15) is 4.79 Å². The first-order chi connectivity index (χ1) is 8.16. The van der Waals surface area contributed by atoms with Crippen molar-refractivity contribution in [1.29, 1.82) is 0 Å². The Labute approximate surface area is 103 Å². The Morgan fingerprint density at radius 1 is 1.47 bits per heavy atom. The summed E-state index contributed by atoms with van der Waals surface area (Å²) in [5.41, 5.74) is 0.327. The van der Waals surface area contributed by atoms with Crippen molar-refractivity contribution >= 4 is 17.5 Å². The van der Waals surface area contributed by atoms with Crippen molar-refractivity contribution in [2.24, 2.45) is 0 Å². The molecule has 1 unspecified atom stereocenters. The Hall–Kier alpha value is -1.88. The van der Waals surface area contributed by atoms with Crippen LogP contribution in [0.3, 0.4) is 0 Å². The average molecular weight is 251 g/mol. The van der Waals surface area contributed by atoms with E-state index in [4.69, 9.17) is 11.6 Å². The van der Waals surface area contributed by atoms with Crippen molar-refractivity contribution < 1.29 is 4.79 Å². The Kier molecular flexibility index (Phi) is 3.39. The van der Waals surface area contributed by atoms with Crippen molar-refractivity contribution in [3.63, 3.8) is 0 Å². The first-order valence-electron chi connectivity index (χ1n) is 5.08. The lowest BCUT2D eigenvalue weighted by atomic mass is 10.3. The van der Waals surface area contributed by atoms with Crippen LogP contribution < -0.4 is 5.32 Å². The number of carbonyl (C=O) groups excluding carboxylic acids is 1. The second-order valence-corrected chi connectivity index (χ2v) is 3.97. The van der Waals surface area contributed by atoms with Crippen LogP contribution in [0.1, 0.15) is 29.3 Å². The zero-order valence-electron chi connectivity index (χ0n) is 9.14. The van der Waals surface area contributed by atoms with Crippen LogP contribution in [0.2, 0.25) is 5.02 Å². The Bertz CT molecular complexity index is 495. The molecule has 0 aliphatic rings. The molecule has 0 spiro atoms. The summed E-state index contributed by atoms with van der Waals surface area (Å²) in [6.07, 6.45) is 4.78. The molecule has 2 aromatic heterocycles. The molecule has 1 atom stereocenters. The molecule has 17 heavy (non-hydrogen) atoms. The maximum atomic E-state index is 11.8. The van der Waals surface area contributed by atoms with Crippen LogP contribution >= 0.6 is 11.6 Å². The fourth-order valence-corrected chi connectivity index (χ4v) is 1.48.